The van der Waals surface area contributed by atoms with Gasteiger partial charge in [-0.2, -0.15) is 0 Å². The van der Waals surface area contributed by atoms with Crippen LogP contribution in [0.3, 0.4) is 0 Å². The topological polar surface area (TPSA) is 59.7 Å². The minimum absolute atomic E-state index is 0.122. The van der Waals surface area contributed by atoms with Gasteiger partial charge in [-0.3, -0.25) is 0 Å². The molecule has 0 saturated heterocycles. The number of halogens is 1. The zero-order valence-electron chi connectivity index (χ0n) is 9.64. The van der Waals surface area contributed by atoms with Gasteiger partial charge in [0, 0.05) is 0 Å². The van der Waals surface area contributed by atoms with Crippen LogP contribution in [-0.2, 0) is 6.61 Å². The number of furan rings is 1. The smallest absolute Gasteiger partial charge is 0.338 e. The summed E-state index contributed by atoms with van der Waals surface area (Å²) >= 11 is 3.40. The number of carboxylic acid groups (broad SMARTS) is 1. The highest BCUT2D eigenvalue weighted by atomic mass is 79.9. The molecule has 0 aliphatic heterocycles. The Bertz CT molecular complexity index is 574. The van der Waals surface area contributed by atoms with Crippen molar-refractivity contribution in [3.63, 3.8) is 0 Å². The molecule has 1 heterocycles. The van der Waals surface area contributed by atoms with E-state index in [-0.39, 0.29) is 12.2 Å². The second-order valence-corrected chi connectivity index (χ2v) is 4.68. The predicted molar refractivity (Wildman–Crippen MR) is 68.9 cm³/mol. The number of carbonyl (C=O) groups is 1. The van der Waals surface area contributed by atoms with Crippen molar-refractivity contribution in [1.82, 2.24) is 0 Å². The number of carboxylic acids is 1. The number of hydrogen-bond donors (Lipinski definition) is 1. The van der Waals surface area contributed by atoms with Crippen molar-refractivity contribution in [2.24, 2.45) is 0 Å². The van der Waals surface area contributed by atoms with Crippen LogP contribution in [0.25, 0.3) is 0 Å². The first-order valence-corrected chi connectivity index (χ1v) is 6.05. The van der Waals surface area contributed by atoms with E-state index < -0.39 is 5.97 Å². The average molecular weight is 311 g/mol. The molecule has 1 aromatic heterocycles. The molecule has 1 aromatic carbocycles. The van der Waals surface area contributed by atoms with Crippen LogP contribution >= 0.6 is 15.9 Å². The van der Waals surface area contributed by atoms with Crippen LogP contribution in [0.1, 0.15) is 21.7 Å². The molecule has 5 heteroatoms. The molecule has 4 nitrogen and oxygen atoms in total. The third-order valence-corrected chi connectivity index (χ3v) is 2.98. The molecule has 2 rings (SSSR count). The Kier molecular flexibility index (Phi) is 3.72. The summed E-state index contributed by atoms with van der Waals surface area (Å²) in [6.45, 7) is 2.18. The third-order valence-electron chi connectivity index (χ3n) is 2.36. The van der Waals surface area contributed by atoms with Crippen molar-refractivity contribution in [3.8, 4) is 5.75 Å². The first-order chi connectivity index (χ1) is 8.56. The molecule has 0 bridgehead atoms. The Labute approximate surface area is 112 Å². The fourth-order valence-corrected chi connectivity index (χ4v) is 2.05. The van der Waals surface area contributed by atoms with Crippen molar-refractivity contribution in [2.45, 2.75) is 13.5 Å². The monoisotopic (exact) mass is 310 g/mol. The number of aromatic carboxylic acids is 1. The second-order valence-electron chi connectivity index (χ2n) is 3.83. The quantitative estimate of drug-likeness (QED) is 0.936. The van der Waals surface area contributed by atoms with Crippen LogP contribution in [0.4, 0.5) is 0 Å². The fourth-order valence-electron chi connectivity index (χ4n) is 1.44. The number of benzene rings is 1. The fraction of sp³-hybridized carbons (Fsp3) is 0.154. The van der Waals surface area contributed by atoms with E-state index in [9.17, 15) is 4.79 Å². The summed E-state index contributed by atoms with van der Waals surface area (Å²) in [6, 6.07) is 7.18. The van der Waals surface area contributed by atoms with E-state index in [1.54, 1.807) is 0 Å². The molecular formula is C13H11BrO4. The highest BCUT2D eigenvalue weighted by Crippen LogP contribution is 2.26. The molecular weight excluding hydrogens is 300 g/mol. The minimum atomic E-state index is -1.01. The van der Waals surface area contributed by atoms with Gasteiger partial charge in [-0.1, -0.05) is 6.07 Å². The van der Waals surface area contributed by atoms with Crippen molar-refractivity contribution in [2.75, 3.05) is 0 Å². The zero-order chi connectivity index (χ0) is 13.1. The summed E-state index contributed by atoms with van der Waals surface area (Å²) in [7, 11) is 0. The lowest BCUT2D eigenvalue weighted by atomic mass is 10.2. The van der Waals surface area contributed by atoms with E-state index in [0.717, 1.165) is 10.0 Å². The van der Waals surface area contributed by atoms with Crippen molar-refractivity contribution in [3.05, 3.63) is 51.9 Å². The molecule has 1 N–H and O–H groups in total. The van der Waals surface area contributed by atoms with Gasteiger partial charge in [-0.05, 0) is 46.6 Å². The Hall–Kier alpha value is -1.75. The van der Waals surface area contributed by atoms with Gasteiger partial charge in [-0.15, -0.1) is 0 Å². The molecule has 0 amide bonds. The molecule has 0 unspecified atom stereocenters. The van der Waals surface area contributed by atoms with Gasteiger partial charge in [0.2, 0.25) is 0 Å². The molecule has 0 aliphatic rings. The van der Waals surface area contributed by atoms with E-state index in [1.807, 2.05) is 25.1 Å². The summed E-state index contributed by atoms with van der Waals surface area (Å²) in [4.78, 5) is 10.7. The third kappa shape index (κ3) is 2.92. The molecule has 18 heavy (non-hydrogen) atoms. The number of ether oxygens (including phenoxy) is 1. The van der Waals surface area contributed by atoms with E-state index in [0.29, 0.717) is 11.5 Å². The van der Waals surface area contributed by atoms with E-state index in [1.165, 1.54) is 12.3 Å². The SMILES string of the molecule is Cc1ccc(OCc2cc(C(=O)O)co2)c(Br)c1. The average Bonchev–Trinajstić information content (AvgIpc) is 2.76. The van der Waals surface area contributed by atoms with E-state index in [4.69, 9.17) is 14.3 Å². The normalized spacial score (nSPS) is 10.3. The summed E-state index contributed by atoms with van der Waals surface area (Å²) < 4.78 is 11.5. The lowest BCUT2D eigenvalue weighted by molar-refractivity contribution is 0.0696. The van der Waals surface area contributed by atoms with Crippen molar-refractivity contribution < 1.29 is 19.1 Å². The maximum atomic E-state index is 10.7. The molecule has 0 fully saturated rings. The van der Waals surface area contributed by atoms with Gasteiger partial charge >= 0.3 is 5.97 Å². The van der Waals surface area contributed by atoms with Crippen LogP contribution < -0.4 is 4.74 Å². The Morgan fingerprint density at radius 1 is 1.44 bits per heavy atom. The summed E-state index contributed by atoms with van der Waals surface area (Å²) in [5, 5.41) is 8.75. The van der Waals surface area contributed by atoms with Gasteiger partial charge in [0.25, 0.3) is 0 Å². The zero-order valence-corrected chi connectivity index (χ0v) is 11.2. The summed E-state index contributed by atoms with van der Waals surface area (Å²) in [6.07, 6.45) is 1.20. The van der Waals surface area contributed by atoms with Crippen LogP contribution in [0.5, 0.6) is 5.75 Å². The highest BCUT2D eigenvalue weighted by Gasteiger charge is 2.09. The van der Waals surface area contributed by atoms with Gasteiger partial charge in [0.1, 0.15) is 24.4 Å². The molecule has 0 aliphatic carbocycles. The predicted octanol–water partition coefficient (Wildman–Crippen LogP) is 3.63. The van der Waals surface area contributed by atoms with Crippen LogP contribution in [0.2, 0.25) is 0 Å². The van der Waals surface area contributed by atoms with Gasteiger partial charge < -0.3 is 14.3 Å². The second kappa shape index (κ2) is 5.27. The largest absolute Gasteiger partial charge is 0.484 e. The van der Waals surface area contributed by atoms with Gasteiger partial charge in [0.15, 0.2) is 0 Å². The lowest BCUT2D eigenvalue weighted by Gasteiger charge is -2.06. The number of rotatable bonds is 4. The minimum Gasteiger partial charge on any atom is -0.484 e. The molecule has 0 atom stereocenters. The van der Waals surface area contributed by atoms with Crippen LogP contribution in [0, 0.1) is 6.92 Å². The summed E-state index contributed by atoms with van der Waals surface area (Å²) in [5.74, 6) is 0.148. The summed E-state index contributed by atoms with van der Waals surface area (Å²) in [5.41, 5.74) is 1.25. The Balaban J connectivity index is 2.04. The van der Waals surface area contributed by atoms with Crippen molar-refractivity contribution >= 4 is 21.9 Å². The van der Waals surface area contributed by atoms with Gasteiger partial charge in [-0.25, -0.2) is 4.79 Å². The Morgan fingerprint density at radius 3 is 2.83 bits per heavy atom. The molecule has 2 aromatic rings. The van der Waals surface area contributed by atoms with E-state index >= 15 is 0 Å². The number of hydrogen-bond acceptors (Lipinski definition) is 3. The maximum Gasteiger partial charge on any atom is 0.338 e. The molecule has 0 spiro atoms. The maximum absolute atomic E-state index is 10.7. The van der Waals surface area contributed by atoms with E-state index in [2.05, 4.69) is 15.9 Å². The highest BCUT2D eigenvalue weighted by molar-refractivity contribution is 9.10. The van der Waals surface area contributed by atoms with Gasteiger partial charge in [0.05, 0.1) is 10.0 Å². The van der Waals surface area contributed by atoms with Crippen molar-refractivity contribution in [1.29, 1.82) is 0 Å². The molecule has 0 saturated carbocycles. The van der Waals surface area contributed by atoms with Crippen LogP contribution in [-0.4, -0.2) is 11.1 Å². The standard InChI is InChI=1S/C13H11BrO4/c1-8-2-3-12(11(14)4-8)18-7-10-5-9(6-17-10)13(15)16/h2-6H,7H2,1H3,(H,15,16). The molecule has 94 valence electrons. The molecule has 0 radical (unpaired) electrons. The first kappa shape index (κ1) is 12.7. The first-order valence-electron chi connectivity index (χ1n) is 5.26. The van der Waals surface area contributed by atoms with Crippen LogP contribution in [0.15, 0.2) is 39.4 Å². The Morgan fingerprint density at radius 2 is 2.22 bits per heavy atom. The lowest BCUT2D eigenvalue weighted by Crippen LogP contribution is -1.96. The number of aryl methyl sites for hydroxylation is 1.